The topological polar surface area (TPSA) is 144 Å². The smallest absolute Gasteiger partial charge is 0.313 e. The van der Waals surface area contributed by atoms with Crippen LogP contribution in [0.25, 0.3) is 0 Å². The van der Waals surface area contributed by atoms with E-state index in [1.165, 1.54) is 18.2 Å². The van der Waals surface area contributed by atoms with E-state index in [0.717, 1.165) is 5.56 Å². The molecule has 12 heteroatoms. The number of esters is 1. The number of benzene rings is 1. The van der Waals surface area contributed by atoms with Crippen molar-refractivity contribution < 1.29 is 23.9 Å². The molecule has 2 aromatic heterocycles. The summed E-state index contributed by atoms with van der Waals surface area (Å²) in [4.78, 5) is 58.3. The first-order chi connectivity index (χ1) is 20.3. The number of ether oxygens (including phenoxy) is 2. The highest BCUT2D eigenvalue weighted by Gasteiger charge is 2.50. The third-order valence-corrected chi connectivity index (χ3v) is 7.85. The summed E-state index contributed by atoms with van der Waals surface area (Å²) in [7, 11) is 0. The van der Waals surface area contributed by atoms with Crippen LogP contribution in [0.5, 0.6) is 11.5 Å². The van der Waals surface area contributed by atoms with Crippen LogP contribution in [0.3, 0.4) is 0 Å². The van der Waals surface area contributed by atoms with E-state index in [9.17, 15) is 19.2 Å². The minimum Gasteiger partial charge on any atom is -0.466 e. The summed E-state index contributed by atoms with van der Waals surface area (Å²) in [5, 5.41) is 9.47. The molecule has 3 atom stereocenters. The molecular weight excluding hydrogens is 574 g/mol. The average molecular weight is 610 g/mol. The van der Waals surface area contributed by atoms with Crippen LogP contribution in [0.1, 0.15) is 74.0 Å². The van der Waals surface area contributed by atoms with Crippen molar-refractivity contribution in [1.82, 2.24) is 25.4 Å². The van der Waals surface area contributed by atoms with Crippen LogP contribution in [0.4, 0.5) is 0 Å². The van der Waals surface area contributed by atoms with Crippen LogP contribution in [-0.2, 0) is 14.3 Å². The molecule has 228 valence electrons. The molecule has 11 nitrogen and oxygen atoms in total. The maximum atomic E-state index is 14.1. The van der Waals surface area contributed by atoms with Gasteiger partial charge in [-0.25, -0.2) is 10.1 Å². The Bertz CT molecular complexity index is 1590. The van der Waals surface area contributed by atoms with Gasteiger partial charge in [-0.1, -0.05) is 23.7 Å². The van der Waals surface area contributed by atoms with E-state index in [1.54, 1.807) is 52.5 Å². The third kappa shape index (κ3) is 6.88. The Morgan fingerprint density at radius 2 is 1.88 bits per heavy atom. The molecular formula is C31H36ClN5O6. The summed E-state index contributed by atoms with van der Waals surface area (Å²) < 4.78 is 11.1. The molecule has 2 amide bonds. The number of aryl methyl sites for hydroxylation is 2. The van der Waals surface area contributed by atoms with E-state index in [4.69, 9.17) is 21.1 Å². The highest BCUT2D eigenvalue weighted by Crippen LogP contribution is 2.44. The van der Waals surface area contributed by atoms with Gasteiger partial charge in [-0.05, 0) is 84.2 Å². The monoisotopic (exact) mass is 609 g/mol. The molecule has 1 saturated heterocycles. The van der Waals surface area contributed by atoms with Gasteiger partial charge in [-0.2, -0.15) is 5.10 Å². The number of aromatic nitrogens is 3. The van der Waals surface area contributed by atoms with E-state index < -0.39 is 34.9 Å². The molecule has 43 heavy (non-hydrogen) atoms. The maximum absolute atomic E-state index is 14.1. The number of aromatic amines is 1. The van der Waals surface area contributed by atoms with Crippen LogP contribution in [0, 0.1) is 19.3 Å². The van der Waals surface area contributed by atoms with Crippen molar-refractivity contribution in [1.29, 1.82) is 0 Å². The molecule has 0 radical (unpaired) electrons. The van der Waals surface area contributed by atoms with Crippen molar-refractivity contribution in [2.75, 3.05) is 6.61 Å². The standard InChI is InChI=1S/C31H36ClN5O6/c1-7-42-30(41)31(5,6)26-14-12-23(20-9-8-10-21(32)16-20)37(26)29(40)19(4)34-27(38)22-11-13-24(18(3)33-22)43-25-15-17(2)35-36-28(25)39/h8-11,13,15-16,19,23,26H,7,12,14H2,1-6H3,(H,34,38)(H,36,39)/t19-,23+,26-/m1/s1. The number of hydrogen-bond donors (Lipinski definition) is 2. The van der Waals surface area contributed by atoms with Crippen LogP contribution in [0.15, 0.2) is 47.3 Å². The molecule has 0 unspecified atom stereocenters. The molecule has 1 fully saturated rings. The summed E-state index contributed by atoms with van der Waals surface area (Å²) in [5.41, 5.74) is 0.363. The molecule has 2 N–H and O–H groups in total. The second-order valence-corrected chi connectivity index (χ2v) is 11.6. The van der Waals surface area contributed by atoms with Gasteiger partial charge >= 0.3 is 11.5 Å². The van der Waals surface area contributed by atoms with E-state index in [2.05, 4.69) is 20.5 Å². The van der Waals surface area contributed by atoms with Crippen molar-refractivity contribution in [2.45, 2.75) is 72.5 Å². The predicted octanol–water partition coefficient (Wildman–Crippen LogP) is 4.67. The number of H-pyrrole nitrogens is 1. The summed E-state index contributed by atoms with van der Waals surface area (Å²) in [5.74, 6) is -0.960. The SMILES string of the molecule is CCOC(=O)C(C)(C)[C@H]1CC[C@@H](c2cccc(Cl)c2)N1C(=O)[C@@H](C)NC(=O)c1ccc(Oc2cc(C)n[nH]c2=O)c(C)n1. The van der Waals surface area contributed by atoms with Crippen molar-refractivity contribution >= 4 is 29.4 Å². The summed E-state index contributed by atoms with van der Waals surface area (Å²) in [6.45, 7) is 10.5. The quantitative estimate of drug-likeness (QED) is 0.333. The van der Waals surface area contributed by atoms with Gasteiger partial charge in [0.05, 0.1) is 29.5 Å². The van der Waals surface area contributed by atoms with Crippen LogP contribution in [-0.4, -0.2) is 56.6 Å². The zero-order valence-electron chi connectivity index (χ0n) is 25.1. The van der Waals surface area contributed by atoms with Gasteiger partial charge in [-0.3, -0.25) is 19.2 Å². The first-order valence-corrected chi connectivity index (χ1v) is 14.5. The van der Waals surface area contributed by atoms with E-state index >= 15 is 0 Å². The molecule has 1 aliphatic rings. The lowest BCUT2D eigenvalue weighted by Crippen LogP contribution is -2.54. The predicted molar refractivity (Wildman–Crippen MR) is 160 cm³/mol. The van der Waals surface area contributed by atoms with E-state index in [1.807, 2.05) is 18.2 Å². The Hall–Kier alpha value is -4.25. The van der Waals surface area contributed by atoms with Gasteiger partial charge in [0.1, 0.15) is 17.5 Å². The zero-order chi connectivity index (χ0) is 31.5. The van der Waals surface area contributed by atoms with Gasteiger partial charge in [-0.15, -0.1) is 0 Å². The maximum Gasteiger partial charge on any atom is 0.313 e. The van der Waals surface area contributed by atoms with Crippen molar-refractivity contribution in [2.24, 2.45) is 5.41 Å². The largest absolute Gasteiger partial charge is 0.466 e. The summed E-state index contributed by atoms with van der Waals surface area (Å²) in [6.07, 6.45) is 1.18. The Balaban J connectivity index is 1.56. The van der Waals surface area contributed by atoms with Crippen LogP contribution >= 0.6 is 11.6 Å². The number of nitrogens with zero attached hydrogens (tertiary/aromatic N) is 3. The van der Waals surface area contributed by atoms with Gasteiger partial charge in [0.2, 0.25) is 5.91 Å². The fourth-order valence-corrected chi connectivity index (χ4v) is 5.53. The third-order valence-electron chi connectivity index (χ3n) is 7.61. The van der Waals surface area contributed by atoms with Gasteiger partial charge in [0, 0.05) is 17.1 Å². The van der Waals surface area contributed by atoms with Gasteiger partial charge in [0.15, 0.2) is 5.75 Å². The zero-order valence-corrected chi connectivity index (χ0v) is 25.8. The van der Waals surface area contributed by atoms with Gasteiger partial charge in [0.25, 0.3) is 5.91 Å². The molecule has 0 saturated carbocycles. The van der Waals surface area contributed by atoms with Crippen LogP contribution in [0.2, 0.25) is 5.02 Å². The van der Waals surface area contributed by atoms with Gasteiger partial charge < -0.3 is 19.7 Å². The highest BCUT2D eigenvalue weighted by molar-refractivity contribution is 6.30. The number of nitrogens with one attached hydrogen (secondary N) is 2. The number of rotatable bonds is 9. The van der Waals surface area contributed by atoms with Crippen molar-refractivity contribution in [3.8, 4) is 11.5 Å². The number of pyridine rings is 1. The number of likely N-dealkylation sites (tertiary alicyclic amines) is 1. The van der Waals surface area contributed by atoms with E-state index in [-0.39, 0.29) is 30.0 Å². The molecule has 4 rings (SSSR count). The van der Waals surface area contributed by atoms with E-state index in [0.29, 0.717) is 35.0 Å². The molecule has 0 spiro atoms. The Morgan fingerprint density at radius 3 is 2.56 bits per heavy atom. The lowest BCUT2D eigenvalue weighted by Gasteiger charge is -2.39. The summed E-state index contributed by atoms with van der Waals surface area (Å²) in [6, 6.07) is 10.0. The first-order valence-electron chi connectivity index (χ1n) is 14.1. The lowest BCUT2D eigenvalue weighted by molar-refractivity contribution is -0.159. The molecule has 0 aliphatic carbocycles. The fraction of sp³-hybridized carbons (Fsp3) is 0.419. The second-order valence-electron chi connectivity index (χ2n) is 11.1. The summed E-state index contributed by atoms with van der Waals surface area (Å²) >= 11 is 6.28. The molecule has 0 bridgehead atoms. The Labute approximate surface area is 254 Å². The number of amides is 2. The highest BCUT2D eigenvalue weighted by atomic mass is 35.5. The number of hydrogen-bond acceptors (Lipinski definition) is 8. The number of carbonyl (C=O) groups is 3. The Morgan fingerprint density at radius 1 is 1.14 bits per heavy atom. The lowest BCUT2D eigenvalue weighted by atomic mass is 9.82. The minimum atomic E-state index is -0.994. The van der Waals surface area contributed by atoms with Crippen molar-refractivity contribution in [3.05, 3.63) is 80.5 Å². The minimum absolute atomic E-state index is 0.0500. The molecule has 1 aliphatic heterocycles. The second kappa shape index (κ2) is 12.9. The number of carbonyl (C=O) groups excluding carboxylic acids is 3. The molecule has 1 aromatic carbocycles. The normalized spacial score (nSPS) is 17.3. The van der Waals surface area contributed by atoms with Crippen LogP contribution < -0.4 is 15.6 Å². The fourth-order valence-electron chi connectivity index (χ4n) is 5.34. The van der Waals surface area contributed by atoms with Crippen molar-refractivity contribution in [3.63, 3.8) is 0 Å². The molecule has 3 aromatic rings. The average Bonchev–Trinajstić information content (AvgIpc) is 3.42. The number of halogens is 1. The Kier molecular flexibility index (Phi) is 9.54. The molecule has 3 heterocycles. The first kappa shape index (κ1) is 31.7.